The molecule has 7 heteroatoms. The number of hydrogen-bond acceptors (Lipinski definition) is 4. The van der Waals surface area contributed by atoms with Crippen molar-refractivity contribution < 1.29 is 23.0 Å². The Bertz CT molecular complexity index is 893. The number of likely N-dealkylation sites (tertiary alicyclic amines) is 1. The minimum atomic E-state index is -2.83. The standard InChI is InChI=1S/C22H22F2N2O3/c23-21(24)28-17-8-6-15(7-9-17)13-25-11-10-22-19(25)12-20(27)26(22)14-18(29-22)16-4-2-1-3-5-16/h1-9,18-19,21H,10-14H2/t18-,19-,22+/m1/s1. The zero-order valence-corrected chi connectivity index (χ0v) is 15.8. The molecule has 0 aliphatic carbocycles. The quantitative estimate of drug-likeness (QED) is 0.770. The number of halogens is 2. The second-order valence-corrected chi connectivity index (χ2v) is 7.83. The Hall–Kier alpha value is -2.51. The number of ether oxygens (including phenoxy) is 2. The van der Waals surface area contributed by atoms with Crippen LogP contribution in [-0.2, 0) is 16.1 Å². The third-order valence-corrected chi connectivity index (χ3v) is 6.24. The van der Waals surface area contributed by atoms with E-state index < -0.39 is 12.3 Å². The molecule has 3 saturated heterocycles. The summed E-state index contributed by atoms with van der Waals surface area (Å²) in [5, 5.41) is 0. The summed E-state index contributed by atoms with van der Waals surface area (Å²) in [5.74, 6) is 0.285. The first-order valence-electron chi connectivity index (χ1n) is 9.86. The van der Waals surface area contributed by atoms with Gasteiger partial charge >= 0.3 is 6.61 Å². The molecule has 3 heterocycles. The Labute approximate surface area is 167 Å². The molecule has 0 saturated carbocycles. The number of alkyl halides is 2. The van der Waals surface area contributed by atoms with Crippen molar-refractivity contribution >= 4 is 5.91 Å². The van der Waals surface area contributed by atoms with Crippen molar-refractivity contribution in [3.63, 3.8) is 0 Å². The van der Waals surface area contributed by atoms with Gasteiger partial charge in [0.2, 0.25) is 5.91 Å². The average Bonchev–Trinajstić information content (AvgIpc) is 3.33. The molecule has 0 unspecified atom stereocenters. The van der Waals surface area contributed by atoms with E-state index in [1.54, 1.807) is 24.3 Å². The maximum absolute atomic E-state index is 12.7. The highest BCUT2D eigenvalue weighted by Gasteiger charge is 2.63. The highest BCUT2D eigenvalue weighted by molar-refractivity contribution is 5.81. The van der Waals surface area contributed by atoms with Gasteiger partial charge in [-0.2, -0.15) is 8.78 Å². The molecule has 29 heavy (non-hydrogen) atoms. The fraction of sp³-hybridized carbons (Fsp3) is 0.409. The van der Waals surface area contributed by atoms with Crippen molar-refractivity contribution in [1.82, 2.24) is 9.80 Å². The van der Waals surface area contributed by atoms with Crippen LogP contribution in [0, 0.1) is 0 Å². The predicted molar refractivity (Wildman–Crippen MR) is 101 cm³/mol. The van der Waals surface area contributed by atoms with Gasteiger partial charge in [-0.3, -0.25) is 9.69 Å². The molecule has 0 radical (unpaired) electrons. The Balaban J connectivity index is 1.32. The van der Waals surface area contributed by atoms with Crippen LogP contribution in [0.4, 0.5) is 8.78 Å². The fourth-order valence-corrected chi connectivity index (χ4v) is 4.95. The first-order chi connectivity index (χ1) is 14.0. The number of nitrogens with zero attached hydrogens (tertiary/aromatic N) is 2. The van der Waals surface area contributed by atoms with Crippen molar-refractivity contribution in [2.24, 2.45) is 0 Å². The first-order valence-corrected chi connectivity index (χ1v) is 9.86. The van der Waals surface area contributed by atoms with Crippen molar-refractivity contribution in [1.29, 1.82) is 0 Å². The second kappa shape index (κ2) is 7.07. The molecule has 1 spiro atoms. The van der Waals surface area contributed by atoms with Crippen LogP contribution in [0.25, 0.3) is 0 Å². The summed E-state index contributed by atoms with van der Waals surface area (Å²) in [5.41, 5.74) is 1.53. The molecule has 2 aromatic rings. The van der Waals surface area contributed by atoms with Gasteiger partial charge in [0.05, 0.1) is 12.6 Å². The highest BCUT2D eigenvalue weighted by Crippen LogP contribution is 2.50. The number of benzene rings is 2. The number of rotatable bonds is 5. The minimum Gasteiger partial charge on any atom is -0.435 e. The van der Waals surface area contributed by atoms with E-state index in [4.69, 9.17) is 4.74 Å². The molecule has 5 rings (SSSR count). The van der Waals surface area contributed by atoms with E-state index in [9.17, 15) is 13.6 Å². The van der Waals surface area contributed by atoms with E-state index in [1.165, 1.54) is 0 Å². The molecule has 0 aromatic heterocycles. The van der Waals surface area contributed by atoms with Gasteiger partial charge in [0, 0.05) is 25.9 Å². The zero-order valence-electron chi connectivity index (χ0n) is 15.8. The van der Waals surface area contributed by atoms with E-state index >= 15 is 0 Å². The molecule has 3 aliphatic heterocycles. The number of amides is 1. The molecule has 0 bridgehead atoms. The maximum Gasteiger partial charge on any atom is 0.387 e. The van der Waals surface area contributed by atoms with Crippen molar-refractivity contribution in [2.75, 3.05) is 13.1 Å². The summed E-state index contributed by atoms with van der Waals surface area (Å²) < 4.78 is 35.6. The van der Waals surface area contributed by atoms with Crippen LogP contribution in [0.15, 0.2) is 54.6 Å². The van der Waals surface area contributed by atoms with Gasteiger partial charge in [-0.25, -0.2) is 0 Å². The van der Waals surface area contributed by atoms with Crippen molar-refractivity contribution in [2.45, 2.75) is 43.9 Å². The smallest absolute Gasteiger partial charge is 0.387 e. The summed E-state index contributed by atoms with van der Waals surface area (Å²) in [6.07, 6.45) is 1.13. The van der Waals surface area contributed by atoms with Gasteiger partial charge in [-0.15, -0.1) is 0 Å². The van der Waals surface area contributed by atoms with E-state index in [2.05, 4.69) is 9.64 Å². The second-order valence-electron chi connectivity index (χ2n) is 7.83. The lowest BCUT2D eigenvalue weighted by molar-refractivity contribution is -0.138. The van der Waals surface area contributed by atoms with Crippen LogP contribution in [0.1, 0.15) is 30.1 Å². The van der Waals surface area contributed by atoms with Gasteiger partial charge < -0.3 is 14.4 Å². The molecule has 5 nitrogen and oxygen atoms in total. The van der Waals surface area contributed by atoms with Gasteiger partial charge in [-0.05, 0) is 23.3 Å². The van der Waals surface area contributed by atoms with E-state index in [-0.39, 0.29) is 23.8 Å². The third-order valence-electron chi connectivity index (χ3n) is 6.24. The minimum absolute atomic E-state index is 0.000651. The largest absolute Gasteiger partial charge is 0.435 e. The number of carbonyl (C=O) groups excluding carboxylic acids is 1. The van der Waals surface area contributed by atoms with Gasteiger partial charge in [0.1, 0.15) is 11.9 Å². The lowest BCUT2D eigenvalue weighted by atomic mass is 10.1. The van der Waals surface area contributed by atoms with Gasteiger partial charge in [0.25, 0.3) is 0 Å². The molecular weight excluding hydrogens is 378 g/mol. The SMILES string of the molecule is O=C1C[C@H]2N(Cc3ccc(OC(F)F)cc3)CC[C@]23O[C@@H](c2ccccc2)CN13. The lowest BCUT2D eigenvalue weighted by Gasteiger charge is -2.32. The zero-order chi connectivity index (χ0) is 20.0. The van der Waals surface area contributed by atoms with E-state index in [0.717, 1.165) is 24.1 Å². The first kappa shape index (κ1) is 18.5. The summed E-state index contributed by atoms with van der Waals surface area (Å²) >= 11 is 0. The van der Waals surface area contributed by atoms with Crippen LogP contribution in [-0.4, -0.2) is 47.2 Å². The molecule has 3 atom stereocenters. The Morgan fingerprint density at radius 1 is 1.14 bits per heavy atom. The number of hydrogen-bond donors (Lipinski definition) is 0. The van der Waals surface area contributed by atoms with E-state index in [1.807, 2.05) is 35.2 Å². The molecule has 3 fully saturated rings. The Morgan fingerprint density at radius 2 is 1.90 bits per heavy atom. The van der Waals surface area contributed by atoms with Crippen LogP contribution in [0.5, 0.6) is 5.75 Å². The monoisotopic (exact) mass is 400 g/mol. The van der Waals surface area contributed by atoms with E-state index in [0.29, 0.717) is 19.5 Å². The molecule has 152 valence electrons. The topological polar surface area (TPSA) is 42.0 Å². The van der Waals surface area contributed by atoms with Crippen molar-refractivity contribution in [3.05, 3.63) is 65.7 Å². The predicted octanol–water partition coefficient (Wildman–Crippen LogP) is 3.56. The van der Waals surface area contributed by atoms with Crippen molar-refractivity contribution in [3.8, 4) is 5.75 Å². The molecule has 0 N–H and O–H groups in total. The fourth-order valence-electron chi connectivity index (χ4n) is 4.95. The molecule has 2 aromatic carbocycles. The summed E-state index contributed by atoms with van der Waals surface area (Å²) in [7, 11) is 0. The Morgan fingerprint density at radius 3 is 2.62 bits per heavy atom. The Kier molecular flexibility index (Phi) is 4.52. The van der Waals surface area contributed by atoms with Gasteiger partial charge in [0.15, 0.2) is 5.72 Å². The average molecular weight is 400 g/mol. The maximum atomic E-state index is 12.7. The molecular formula is C22H22F2N2O3. The van der Waals surface area contributed by atoms with Crippen LogP contribution in [0.2, 0.25) is 0 Å². The van der Waals surface area contributed by atoms with Crippen LogP contribution in [0.3, 0.4) is 0 Å². The summed E-state index contributed by atoms with van der Waals surface area (Å²) in [6, 6.07) is 16.7. The normalized spacial score (nSPS) is 28.8. The van der Waals surface area contributed by atoms with Gasteiger partial charge in [-0.1, -0.05) is 42.5 Å². The van der Waals surface area contributed by atoms with Crippen LogP contribution >= 0.6 is 0 Å². The third kappa shape index (κ3) is 3.18. The van der Waals surface area contributed by atoms with Crippen LogP contribution < -0.4 is 4.74 Å². The number of carbonyl (C=O) groups is 1. The summed E-state index contributed by atoms with van der Waals surface area (Å²) in [4.78, 5) is 16.9. The molecule has 3 aliphatic rings. The molecule has 1 amide bonds. The lowest BCUT2D eigenvalue weighted by Crippen LogP contribution is -2.47. The summed E-state index contributed by atoms with van der Waals surface area (Å²) in [6.45, 7) is -0.771. The highest BCUT2D eigenvalue weighted by atomic mass is 19.3.